The third-order valence-corrected chi connectivity index (χ3v) is 5.82. The first-order chi connectivity index (χ1) is 12.0. The molecular formula is C20H31N3O2. The smallest absolute Gasteiger partial charge is 0.227 e. The highest BCUT2D eigenvalue weighted by Gasteiger charge is 2.33. The summed E-state index contributed by atoms with van der Waals surface area (Å²) in [4.78, 5) is 16.9. The fourth-order valence-electron chi connectivity index (χ4n) is 4.09. The third kappa shape index (κ3) is 4.73. The summed E-state index contributed by atoms with van der Waals surface area (Å²) in [5.41, 5.74) is 1.19. The van der Waals surface area contributed by atoms with E-state index in [1.165, 1.54) is 18.5 Å². The second-order valence-corrected chi connectivity index (χ2v) is 7.85. The van der Waals surface area contributed by atoms with E-state index in [4.69, 9.17) is 0 Å². The first kappa shape index (κ1) is 18.2. The molecular weight excluding hydrogens is 314 g/mol. The second-order valence-electron chi connectivity index (χ2n) is 7.85. The maximum Gasteiger partial charge on any atom is 0.227 e. The van der Waals surface area contributed by atoms with Crippen molar-refractivity contribution in [1.29, 1.82) is 0 Å². The van der Waals surface area contributed by atoms with E-state index in [1.54, 1.807) is 0 Å². The molecule has 5 nitrogen and oxygen atoms in total. The van der Waals surface area contributed by atoms with Crippen LogP contribution in [0.25, 0.3) is 0 Å². The lowest BCUT2D eigenvalue weighted by Crippen LogP contribution is -2.41. The lowest BCUT2D eigenvalue weighted by Gasteiger charge is -2.36. The van der Waals surface area contributed by atoms with Gasteiger partial charge in [0.1, 0.15) is 0 Å². The molecule has 2 N–H and O–H groups in total. The molecule has 0 atom stereocenters. The summed E-state index contributed by atoms with van der Waals surface area (Å²) >= 11 is 0. The number of carbonyl (C=O) groups is 1. The Bertz CT molecular complexity index is 573. The molecule has 1 saturated carbocycles. The van der Waals surface area contributed by atoms with Gasteiger partial charge in [-0.3, -0.25) is 4.79 Å². The average Bonchev–Trinajstić information content (AvgIpc) is 3.01. The number of anilines is 2. The fraction of sp³-hybridized carbons (Fsp3) is 0.650. The fourth-order valence-corrected chi connectivity index (χ4v) is 4.09. The molecule has 1 aromatic rings. The van der Waals surface area contributed by atoms with Crippen molar-refractivity contribution in [2.75, 3.05) is 37.4 Å². The van der Waals surface area contributed by atoms with Gasteiger partial charge in [-0.15, -0.1) is 0 Å². The van der Waals surface area contributed by atoms with Crippen LogP contribution in [-0.4, -0.2) is 54.7 Å². The molecule has 5 heteroatoms. The molecule has 1 amide bonds. The zero-order valence-electron chi connectivity index (χ0n) is 15.5. The molecule has 1 aliphatic carbocycles. The first-order valence-corrected chi connectivity index (χ1v) is 9.49. The molecule has 0 unspecified atom stereocenters. The summed E-state index contributed by atoms with van der Waals surface area (Å²) in [6, 6.07) is 8.62. The normalized spacial score (nSPS) is 21.2. The standard InChI is InChI=1S/C20H31N3O2/c1-22-13-9-18(10-14-22)23(2)17-7-5-16(6-8-17)21-19(24)15-20(25)11-3-4-12-20/h5-8,18,25H,3-4,9-15H2,1-2H3,(H,21,24). The van der Waals surface area contributed by atoms with Crippen molar-refractivity contribution in [2.45, 2.75) is 56.6 Å². The van der Waals surface area contributed by atoms with E-state index >= 15 is 0 Å². The van der Waals surface area contributed by atoms with Crippen molar-refractivity contribution in [1.82, 2.24) is 4.90 Å². The van der Waals surface area contributed by atoms with Crippen LogP contribution in [0.3, 0.4) is 0 Å². The molecule has 0 spiro atoms. The van der Waals surface area contributed by atoms with Crippen LogP contribution in [0.15, 0.2) is 24.3 Å². The lowest BCUT2D eigenvalue weighted by molar-refractivity contribution is -0.120. The third-order valence-electron chi connectivity index (χ3n) is 5.82. The maximum atomic E-state index is 12.2. The van der Waals surface area contributed by atoms with E-state index in [-0.39, 0.29) is 12.3 Å². The number of rotatable bonds is 5. The van der Waals surface area contributed by atoms with Gasteiger partial charge in [0.25, 0.3) is 0 Å². The van der Waals surface area contributed by atoms with Crippen LogP contribution in [0.5, 0.6) is 0 Å². The second kappa shape index (κ2) is 7.75. The van der Waals surface area contributed by atoms with Crippen molar-refractivity contribution in [3.05, 3.63) is 24.3 Å². The van der Waals surface area contributed by atoms with Crippen molar-refractivity contribution in [3.8, 4) is 0 Å². The topological polar surface area (TPSA) is 55.8 Å². The van der Waals surface area contributed by atoms with Crippen LogP contribution in [0, 0.1) is 0 Å². The van der Waals surface area contributed by atoms with Crippen LogP contribution >= 0.6 is 0 Å². The van der Waals surface area contributed by atoms with Gasteiger partial charge in [-0.25, -0.2) is 0 Å². The number of hydrogen-bond acceptors (Lipinski definition) is 4. The SMILES string of the molecule is CN1CCC(N(C)c2ccc(NC(=O)CC3(O)CCCC3)cc2)CC1. The van der Waals surface area contributed by atoms with Gasteiger partial charge in [0, 0.05) is 24.5 Å². The monoisotopic (exact) mass is 345 g/mol. The minimum atomic E-state index is -0.793. The quantitative estimate of drug-likeness (QED) is 0.862. The molecule has 0 bridgehead atoms. The van der Waals surface area contributed by atoms with Gasteiger partial charge < -0.3 is 20.2 Å². The number of hydrogen-bond donors (Lipinski definition) is 2. The summed E-state index contributed by atoms with van der Waals surface area (Å²) in [5, 5.41) is 13.3. The van der Waals surface area contributed by atoms with Crippen LogP contribution in [-0.2, 0) is 4.79 Å². The van der Waals surface area contributed by atoms with E-state index < -0.39 is 5.60 Å². The molecule has 138 valence electrons. The zero-order chi connectivity index (χ0) is 17.9. The van der Waals surface area contributed by atoms with E-state index in [0.29, 0.717) is 6.04 Å². The maximum absolute atomic E-state index is 12.2. The summed E-state index contributed by atoms with van der Waals surface area (Å²) in [6.07, 6.45) is 6.07. The number of carbonyl (C=O) groups excluding carboxylic acids is 1. The largest absolute Gasteiger partial charge is 0.389 e. The molecule has 2 fully saturated rings. The molecule has 1 heterocycles. The van der Waals surface area contributed by atoms with Gasteiger partial charge in [0.2, 0.25) is 5.91 Å². The van der Waals surface area contributed by atoms with Gasteiger partial charge in [-0.1, -0.05) is 12.8 Å². The predicted molar refractivity (Wildman–Crippen MR) is 102 cm³/mol. The first-order valence-electron chi connectivity index (χ1n) is 9.49. The molecule has 3 rings (SSSR count). The minimum absolute atomic E-state index is 0.0965. The van der Waals surface area contributed by atoms with Crippen LogP contribution in [0.1, 0.15) is 44.9 Å². The Morgan fingerprint density at radius 1 is 1.24 bits per heavy atom. The summed E-state index contributed by atoms with van der Waals surface area (Å²) in [5.74, 6) is -0.0965. The molecule has 1 aliphatic heterocycles. The summed E-state index contributed by atoms with van der Waals surface area (Å²) in [6.45, 7) is 2.29. The minimum Gasteiger partial charge on any atom is -0.389 e. The highest BCUT2D eigenvalue weighted by Crippen LogP contribution is 2.32. The number of amides is 1. The summed E-state index contributed by atoms with van der Waals surface area (Å²) < 4.78 is 0. The molecule has 1 aromatic carbocycles. The van der Waals surface area contributed by atoms with Crippen LogP contribution in [0.2, 0.25) is 0 Å². The highest BCUT2D eigenvalue weighted by molar-refractivity contribution is 5.91. The number of nitrogens with zero attached hydrogens (tertiary/aromatic N) is 2. The molecule has 25 heavy (non-hydrogen) atoms. The van der Waals surface area contributed by atoms with E-state index in [9.17, 15) is 9.90 Å². The Hall–Kier alpha value is -1.59. The van der Waals surface area contributed by atoms with E-state index in [2.05, 4.69) is 41.3 Å². The van der Waals surface area contributed by atoms with Gasteiger partial charge in [-0.05, 0) is 70.1 Å². The Labute approximate surface area is 151 Å². The van der Waals surface area contributed by atoms with Crippen molar-refractivity contribution < 1.29 is 9.90 Å². The number of piperidine rings is 1. The van der Waals surface area contributed by atoms with E-state index in [1.807, 2.05) is 12.1 Å². The number of aliphatic hydroxyl groups is 1. The predicted octanol–water partition coefficient (Wildman–Crippen LogP) is 2.85. The highest BCUT2D eigenvalue weighted by atomic mass is 16.3. The van der Waals surface area contributed by atoms with Crippen LogP contribution < -0.4 is 10.2 Å². The summed E-state index contributed by atoms with van der Waals surface area (Å²) in [7, 11) is 4.33. The zero-order valence-corrected chi connectivity index (χ0v) is 15.5. The van der Waals surface area contributed by atoms with Crippen LogP contribution in [0.4, 0.5) is 11.4 Å². The van der Waals surface area contributed by atoms with Crippen molar-refractivity contribution >= 4 is 17.3 Å². The number of likely N-dealkylation sites (tertiary alicyclic amines) is 1. The molecule has 0 aromatic heterocycles. The van der Waals surface area contributed by atoms with Crippen molar-refractivity contribution in [2.24, 2.45) is 0 Å². The van der Waals surface area contributed by atoms with Gasteiger partial charge in [0.15, 0.2) is 0 Å². The van der Waals surface area contributed by atoms with Gasteiger partial charge in [-0.2, -0.15) is 0 Å². The molecule has 1 saturated heterocycles. The van der Waals surface area contributed by atoms with Gasteiger partial charge in [0.05, 0.1) is 12.0 Å². The molecule has 2 aliphatic rings. The Kier molecular flexibility index (Phi) is 5.64. The Morgan fingerprint density at radius 3 is 2.44 bits per heavy atom. The molecule has 0 radical (unpaired) electrons. The number of benzene rings is 1. The number of nitrogens with one attached hydrogen (secondary N) is 1. The lowest BCUT2D eigenvalue weighted by atomic mass is 9.97. The average molecular weight is 345 g/mol. The Morgan fingerprint density at radius 2 is 1.84 bits per heavy atom. The Balaban J connectivity index is 1.54. The van der Waals surface area contributed by atoms with Gasteiger partial charge >= 0.3 is 0 Å². The van der Waals surface area contributed by atoms with Crippen molar-refractivity contribution in [3.63, 3.8) is 0 Å². The van der Waals surface area contributed by atoms with E-state index in [0.717, 1.165) is 44.5 Å².